The van der Waals surface area contributed by atoms with Gasteiger partial charge in [0.05, 0.1) is 28.0 Å². The summed E-state index contributed by atoms with van der Waals surface area (Å²) in [4.78, 5) is 17.0. The van der Waals surface area contributed by atoms with Crippen molar-refractivity contribution in [2.45, 2.75) is 42.4 Å². The molecule has 7 nitrogen and oxygen atoms in total. The lowest BCUT2D eigenvalue weighted by atomic mass is 9.75. The van der Waals surface area contributed by atoms with E-state index < -0.39 is 38.2 Å². The van der Waals surface area contributed by atoms with Gasteiger partial charge < -0.3 is 9.88 Å². The van der Waals surface area contributed by atoms with E-state index in [4.69, 9.17) is 11.6 Å². The highest BCUT2D eigenvalue weighted by atomic mass is 35.5. The number of halogens is 4. The zero-order valence-electron chi connectivity index (χ0n) is 17.2. The number of hydrogen-bond donors (Lipinski definition) is 1. The van der Waals surface area contributed by atoms with E-state index in [1.54, 1.807) is 7.05 Å². The number of imidazole rings is 1. The van der Waals surface area contributed by atoms with E-state index in [1.165, 1.54) is 27.5 Å². The maximum absolute atomic E-state index is 13.2. The summed E-state index contributed by atoms with van der Waals surface area (Å²) in [7, 11) is -2.21. The van der Waals surface area contributed by atoms with Crippen molar-refractivity contribution < 1.29 is 26.4 Å². The lowest BCUT2D eigenvalue weighted by molar-refractivity contribution is -0.137. The van der Waals surface area contributed by atoms with Crippen molar-refractivity contribution in [1.29, 1.82) is 0 Å². The summed E-state index contributed by atoms with van der Waals surface area (Å²) in [6.45, 7) is 0.231. The predicted molar refractivity (Wildman–Crippen MR) is 111 cm³/mol. The third-order valence-electron chi connectivity index (χ3n) is 6.29. The van der Waals surface area contributed by atoms with Crippen molar-refractivity contribution >= 4 is 27.5 Å². The highest BCUT2D eigenvalue weighted by molar-refractivity contribution is 7.89. The van der Waals surface area contributed by atoms with Crippen LogP contribution in [0, 0.1) is 5.92 Å². The van der Waals surface area contributed by atoms with Crippen LogP contribution in [0.4, 0.5) is 13.2 Å². The summed E-state index contributed by atoms with van der Waals surface area (Å²) in [5.41, 5.74) is -2.25. The van der Waals surface area contributed by atoms with E-state index in [1.807, 2.05) is 0 Å². The van der Waals surface area contributed by atoms with Crippen LogP contribution in [0.15, 0.2) is 35.7 Å². The Morgan fingerprint density at radius 1 is 1.31 bits per heavy atom. The standard InChI is InChI=1S/C20H22ClF3N4O3S/c1-27-10-16(25-12-27)32(30,31)28-9-13-5-2-3-8-19(13,11-28)26-18(29)14-6-4-7-15(17(14)21)20(22,23)24/h4,6-7,10,12-13H,2-3,5,8-9,11H2,1H3,(H,26,29). The Morgan fingerprint density at radius 2 is 2.06 bits per heavy atom. The molecule has 2 aliphatic rings. The number of nitrogens with one attached hydrogen (secondary N) is 1. The second-order valence-corrected chi connectivity index (χ2v) is 10.7. The molecule has 1 aliphatic heterocycles. The molecule has 4 rings (SSSR count). The van der Waals surface area contributed by atoms with Gasteiger partial charge in [-0.05, 0) is 30.9 Å². The minimum absolute atomic E-state index is 0.0267. The number of carbonyl (C=O) groups is 1. The largest absolute Gasteiger partial charge is 0.417 e. The van der Waals surface area contributed by atoms with E-state index in [2.05, 4.69) is 10.3 Å². The summed E-state index contributed by atoms with van der Waals surface area (Å²) in [6, 6.07) is 3.18. The molecule has 1 saturated carbocycles. The number of fused-ring (bicyclic) bond motifs is 1. The van der Waals surface area contributed by atoms with Crippen LogP contribution in [0.2, 0.25) is 5.02 Å². The molecule has 0 spiro atoms. The first-order chi connectivity index (χ1) is 14.9. The monoisotopic (exact) mass is 490 g/mol. The molecule has 32 heavy (non-hydrogen) atoms. The van der Waals surface area contributed by atoms with Gasteiger partial charge in [0, 0.05) is 26.3 Å². The fraction of sp³-hybridized carbons (Fsp3) is 0.500. The fourth-order valence-corrected chi connectivity index (χ4v) is 6.51. The van der Waals surface area contributed by atoms with Crippen LogP contribution in [-0.2, 0) is 23.2 Å². The Balaban J connectivity index is 1.63. The van der Waals surface area contributed by atoms with Crippen molar-refractivity contribution in [2.24, 2.45) is 13.0 Å². The van der Waals surface area contributed by atoms with Crippen molar-refractivity contribution in [3.05, 3.63) is 46.9 Å². The van der Waals surface area contributed by atoms with E-state index in [-0.39, 0.29) is 29.6 Å². The summed E-state index contributed by atoms with van der Waals surface area (Å²) in [6.07, 6.45) is 0.974. The van der Waals surface area contributed by atoms with Crippen molar-refractivity contribution in [3.8, 4) is 0 Å². The SMILES string of the molecule is Cn1cnc(S(=O)(=O)N2CC3CCCCC3(NC(=O)c3cccc(C(F)(F)F)c3Cl)C2)c1. The van der Waals surface area contributed by atoms with Gasteiger partial charge >= 0.3 is 6.18 Å². The number of aromatic nitrogens is 2. The van der Waals surface area contributed by atoms with Gasteiger partial charge in [-0.15, -0.1) is 0 Å². The Morgan fingerprint density at radius 3 is 2.72 bits per heavy atom. The van der Waals surface area contributed by atoms with Crippen LogP contribution in [-0.4, -0.2) is 46.8 Å². The fourth-order valence-electron chi connectivity index (χ4n) is 4.67. The Kier molecular flexibility index (Phi) is 5.79. The van der Waals surface area contributed by atoms with Gasteiger partial charge in [-0.2, -0.15) is 17.5 Å². The Labute approximate surface area is 188 Å². The Bertz CT molecular complexity index is 1150. The van der Waals surface area contributed by atoms with Crippen LogP contribution in [0.3, 0.4) is 0 Å². The zero-order valence-corrected chi connectivity index (χ0v) is 18.8. The maximum atomic E-state index is 13.2. The van der Waals surface area contributed by atoms with Gasteiger partial charge in [0.25, 0.3) is 15.9 Å². The maximum Gasteiger partial charge on any atom is 0.417 e. The van der Waals surface area contributed by atoms with E-state index >= 15 is 0 Å². The van der Waals surface area contributed by atoms with Crippen LogP contribution in [0.1, 0.15) is 41.6 Å². The second kappa shape index (κ2) is 8.03. The molecular weight excluding hydrogens is 469 g/mol. The minimum Gasteiger partial charge on any atom is -0.345 e. The molecule has 0 radical (unpaired) electrons. The number of aryl methyl sites for hydroxylation is 1. The third-order valence-corrected chi connectivity index (χ3v) is 8.39. The number of sulfonamides is 1. The number of amides is 1. The summed E-state index contributed by atoms with van der Waals surface area (Å²) < 4.78 is 68.7. The first-order valence-electron chi connectivity index (χ1n) is 10.1. The number of rotatable bonds is 4. The smallest absolute Gasteiger partial charge is 0.345 e. The first-order valence-corrected chi connectivity index (χ1v) is 11.9. The predicted octanol–water partition coefficient (Wildman–Crippen LogP) is 3.46. The molecule has 174 valence electrons. The van der Waals surface area contributed by atoms with Gasteiger partial charge in [0.2, 0.25) is 0 Å². The highest BCUT2D eigenvalue weighted by Gasteiger charge is 2.52. The number of carbonyl (C=O) groups excluding carboxylic acids is 1. The van der Waals surface area contributed by atoms with E-state index in [0.717, 1.165) is 25.0 Å². The van der Waals surface area contributed by atoms with Gasteiger partial charge in [0.1, 0.15) is 0 Å². The summed E-state index contributed by atoms with van der Waals surface area (Å²) >= 11 is 5.93. The van der Waals surface area contributed by atoms with Gasteiger partial charge in [-0.3, -0.25) is 4.79 Å². The van der Waals surface area contributed by atoms with Gasteiger partial charge in [-0.1, -0.05) is 30.5 Å². The molecule has 0 bridgehead atoms. The first kappa shape index (κ1) is 23.1. The summed E-state index contributed by atoms with van der Waals surface area (Å²) in [5, 5.41) is 2.11. The van der Waals surface area contributed by atoms with Crippen LogP contribution in [0.25, 0.3) is 0 Å². The quantitative estimate of drug-likeness (QED) is 0.711. The molecule has 12 heteroatoms. The van der Waals surface area contributed by atoms with Crippen LogP contribution >= 0.6 is 11.6 Å². The minimum atomic E-state index is -4.69. The number of nitrogens with zero attached hydrogens (tertiary/aromatic N) is 3. The molecule has 1 amide bonds. The molecular formula is C20H22ClF3N4O3S. The lowest BCUT2D eigenvalue weighted by Gasteiger charge is -2.39. The van der Waals surface area contributed by atoms with E-state index in [0.29, 0.717) is 12.8 Å². The molecule has 2 heterocycles. The second-order valence-electron chi connectivity index (χ2n) is 8.39. The molecule has 2 aromatic rings. The average Bonchev–Trinajstić information content (AvgIpc) is 3.31. The van der Waals surface area contributed by atoms with Gasteiger partial charge in [0.15, 0.2) is 5.03 Å². The number of hydrogen-bond acceptors (Lipinski definition) is 4. The Hall–Kier alpha value is -2.11. The zero-order chi connectivity index (χ0) is 23.3. The molecule has 2 unspecified atom stereocenters. The van der Waals surface area contributed by atoms with Gasteiger partial charge in [-0.25, -0.2) is 13.4 Å². The summed E-state index contributed by atoms with van der Waals surface area (Å²) in [5.74, 6) is -0.909. The molecule has 2 atom stereocenters. The molecule has 2 fully saturated rings. The molecule has 1 N–H and O–H groups in total. The molecule has 1 saturated heterocycles. The normalized spacial score (nSPS) is 24.3. The molecule has 1 aromatic heterocycles. The van der Waals surface area contributed by atoms with Crippen LogP contribution in [0.5, 0.6) is 0 Å². The third kappa shape index (κ3) is 4.01. The molecule has 1 aromatic carbocycles. The highest BCUT2D eigenvalue weighted by Crippen LogP contribution is 2.42. The number of benzene rings is 1. The van der Waals surface area contributed by atoms with E-state index in [9.17, 15) is 26.4 Å². The van der Waals surface area contributed by atoms with Crippen molar-refractivity contribution in [1.82, 2.24) is 19.2 Å². The number of alkyl halides is 3. The molecule has 1 aliphatic carbocycles. The average molecular weight is 491 g/mol. The topological polar surface area (TPSA) is 84.3 Å². The van der Waals surface area contributed by atoms with Crippen molar-refractivity contribution in [3.63, 3.8) is 0 Å². The lowest BCUT2D eigenvalue weighted by Crippen LogP contribution is -2.56. The van der Waals surface area contributed by atoms with Crippen molar-refractivity contribution in [2.75, 3.05) is 13.1 Å². The van der Waals surface area contributed by atoms with Crippen LogP contribution < -0.4 is 5.32 Å².